The zero-order valence-corrected chi connectivity index (χ0v) is 18.7. The van der Waals surface area contributed by atoms with Crippen LogP contribution in [0.25, 0.3) is 16.8 Å². The molecule has 0 unspecified atom stereocenters. The van der Waals surface area contributed by atoms with E-state index >= 15 is 0 Å². The Morgan fingerprint density at radius 2 is 1.82 bits per heavy atom. The van der Waals surface area contributed by atoms with Gasteiger partial charge >= 0.3 is 0 Å². The van der Waals surface area contributed by atoms with Gasteiger partial charge in [0.15, 0.2) is 0 Å². The van der Waals surface area contributed by atoms with E-state index in [4.69, 9.17) is 14.6 Å². The fourth-order valence-corrected chi connectivity index (χ4v) is 4.61. The summed E-state index contributed by atoms with van der Waals surface area (Å²) in [7, 11) is 0. The van der Waals surface area contributed by atoms with Crippen molar-refractivity contribution in [3.8, 4) is 11.1 Å². The van der Waals surface area contributed by atoms with Crippen molar-refractivity contribution < 1.29 is 19.4 Å². The fraction of sp³-hybridized carbons (Fsp3) is 0.440. The van der Waals surface area contributed by atoms with Gasteiger partial charge in [-0.1, -0.05) is 12.1 Å². The highest BCUT2D eigenvalue weighted by molar-refractivity contribution is 5.94. The van der Waals surface area contributed by atoms with Crippen molar-refractivity contribution in [1.82, 2.24) is 14.3 Å². The van der Waals surface area contributed by atoms with E-state index in [0.29, 0.717) is 38.5 Å². The highest BCUT2D eigenvalue weighted by Gasteiger charge is 2.22. The number of morpholine rings is 1. The molecule has 0 saturated carbocycles. The molecule has 4 heterocycles. The lowest BCUT2D eigenvalue weighted by molar-refractivity contribution is 0.0158. The van der Waals surface area contributed by atoms with E-state index in [9.17, 15) is 4.79 Å². The van der Waals surface area contributed by atoms with Gasteiger partial charge in [0.2, 0.25) is 0 Å². The van der Waals surface area contributed by atoms with Crippen LogP contribution in [0, 0.1) is 0 Å². The van der Waals surface area contributed by atoms with Crippen LogP contribution in [0.15, 0.2) is 48.8 Å². The van der Waals surface area contributed by atoms with Gasteiger partial charge in [0.05, 0.1) is 38.7 Å². The van der Waals surface area contributed by atoms with Crippen molar-refractivity contribution in [2.24, 2.45) is 0 Å². The molecule has 0 spiro atoms. The van der Waals surface area contributed by atoms with E-state index in [0.717, 1.165) is 48.5 Å². The summed E-state index contributed by atoms with van der Waals surface area (Å²) < 4.78 is 13.1. The largest absolute Gasteiger partial charge is 0.394 e. The summed E-state index contributed by atoms with van der Waals surface area (Å²) in [5.74, 6) is 1.15. The predicted octanol–water partition coefficient (Wildman–Crippen LogP) is 2.45. The standard InChI is InChI=1S/C25H30N4O4/c30-13-16-33-22-6-8-27(9-7-22)24-18-26-23-17-21(5-10-29(23)24)19-1-3-20(4-2-19)25(31)28-11-14-32-15-12-28/h1-5,10,17-18,22,30H,6-9,11-16H2. The van der Waals surface area contributed by atoms with Gasteiger partial charge in [0.25, 0.3) is 5.91 Å². The number of nitrogens with zero attached hydrogens (tertiary/aromatic N) is 4. The Hall–Kier alpha value is -2.94. The van der Waals surface area contributed by atoms with Gasteiger partial charge in [-0.2, -0.15) is 0 Å². The number of anilines is 1. The van der Waals surface area contributed by atoms with Crippen molar-refractivity contribution in [3.63, 3.8) is 0 Å². The number of pyridine rings is 1. The number of aliphatic hydroxyl groups is 1. The first kappa shape index (κ1) is 21.9. The molecule has 2 aliphatic heterocycles. The molecule has 5 rings (SSSR count). The summed E-state index contributed by atoms with van der Waals surface area (Å²) in [6.07, 6.45) is 6.10. The van der Waals surface area contributed by atoms with Crippen molar-refractivity contribution in [1.29, 1.82) is 0 Å². The molecular formula is C25H30N4O4. The summed E-state index contributed by atoms with van der Waals surface area (Å²) >= 11 is 0. The molecular weight excluding hydrogens is 420 g/mol. The third-order valence-electron chi connectivity index (χ3n) is 6.47. The molecule has 1 aromatic carbocycles. The highest BCUT2D eigenvalue weighted by atomic mass is 16.5. The van der Waals surface area contributed by atoms with Crippen LogP contribution in [-0.2, 0) is 9.47 Å². The van der Waals surface area contributed by atoms with Gasteiger partial charge in [-0.25, -0.2) is 4.98 Å². The number of benzene rings is 1. The molecule has 8 nitrogen and oxygen atoms in total. The first-order chi connectivity index (χ1) is 16.2. The second kappa shape index (κ2) is 9.91. The maximum Gasteiger partial charge on any atom is 0.254 e. The van der Waals surface area contributed by atoms with Crippen molar-refractivity contribution in [2.75, 3.05) is 57.5 Å². The minimum absolute atomic E-state index is 0.0590. The molecule has 0 bridgehead atoms. The van der Waals surface area contributed by atoms with Crippen LogP contribution in [0.4, 0.5) is 5.82 Å². The van der Waals surface area contributed by atoms with Gasteiger partial charge in [0, 0.05) is 37.9 Å². The predicted molar refractivity (Wildman–Crippen MR) is 126 cm³/mol. The highest BCUT2D eigenvalue weighted by Crippen LogP contribution is 2.26. The molecule has 1 amide bonds. The summed E-state index contributed by atoms with van der Waals surface area (Å²) in [6.45, 7) is 4.79. The number of rotatable bonds is 6. The number of carbonyl (C=O) groups is 1. The van der Waals surface area contributed by atoms with Crippen molar-refractivity contribution in [2.45, 2.75) is 18.9 Å². The van der Waals surface area contributed by atoms with E-state index in [2.05, 4.69) is 32.6 Å². The quantitative estimate of drug-likeness (QED) is 0.622. The van der Waals surface area contributed by atoms with Gasteiger partial charge < -0.3 is 24.4 Å². The lowest BCUT2D eigenvalue weighted by atomic mass is 10.0. The van der Waals surface area contributed by atoms with Gasteiger partial charge in [-0.3, -0.25) is 9.20 Å². The number of amides is 1. The first-order valence-corrected chi connectivity index (χ1v) is 11.6. The number of fused-ring (bicyclic) bond motifs is 1. The average Bonchev–Trinajstić information content (AvgIpc) is 3.31. The van der Waals surface area contributed by atoms with Crippen molar-refractivity contribution in [3.05, 3.63) is 54.4 Å². The van der Waals surface area contributed by atoms with Crippen LogP contribution in [0.3, 0.4) is 0 Å². The Labute approximate surface area is 193 Å². The molecule has 8 heteroatoms. The maximum atomic E-state index is 12.7. The molecule has 2 saturated heterocycles. The summed E-state index contributed by atoms with van der Waals surface area (Å²) in [5, 5.41) is 8.95. The number of piperidine rings is 1. The van der Waals surface area contributed by atoms with Crippen LogP contribution in [0.1, 0.15) is 23.2 Å². The third-order valence-corrected chi connectivity index (χ3v) is 6.47. The molecule has 0 atom stereocenters. The van der Waals surface area contributed by atoms with Gasteiger partial charge in [0.1, 0.15) is 11.5 Å². The van der Waals surface area contributed by atoms with Crippen LogP contribution in [-0.4, -0.2) is 84.0 Å². The number of hydrogen-bond acceptors (Lipinski definition) is 6. The smallest absolute Gasteiger partial charge is 0.254 e. The van der Waals surface area contributed by atoms with Crippen LogP contribution < -0.4 is 4.90 Å². The Balaban J connectivity index is 1.28. The van der Waals surface area contributed by atoms with E-state index in [1.165, 1.54) is 0 Å². The molecule has 33 heavy (non-hydrogen) atoms. The molecule has 0 aliphatic carbocycles. The lowest BCUT2D eigenvalue weighted by Crippen LogP contribution is -2.40. The molecule has 1 N–H and O–H groups in total. The van der Waals surface area contributed by atoms with Gasteiger partial charge in [-0.05, 0) is 48.2 Å². The van der Waals surface area contributed by atoms with Crippen LogP contribution in [0.2, 0.25) is 0 Å². The van der Waals surface area contributed by atoms with Crippen LogP contribution >= 0.6 is 0 Å². The zero-order valence-electron chi connectivity index (χ0n) is 18.7. The number of aliphatic hydroxyl groups excluding tert-OH is 1. The fourth-order valence-electron chi connectivity index (χ4n) is 4.61. The topological polar surface area (TPSA) is 79.5 Å². The molecule has 2 aromatic heterocycles. The summed E-state index contributed by atoms with van der Waals surface area (Å²) in [6, 6.07) is 12.0. The van der Waals surface area contributed by atoms with Crippen molar-refractivity contribution >= 4 is 17.4 Å². The number of imidazole rings is 1. The van der Waals surface area contributed by atoms with E-state index in [1.54, 1.807) is 0 Å². The monoisotopic (exact) mass is 450 g/mol. The summed E-state index contributed by atoms with van der Waals surface area (Å²) in [4.78, 5) is 21.5. The Bertz CT molecular complexity index is 1080. The SMILES string of the molecule is O=C(c1ccc(-c2ccn3c(N4CCC(OCCO)CC4)cnc3c2)cc1)N1CCOCC1. The number of ether oxygens (including phenoxy) is 2. The molecule has 2 fully saturated rings. The Kier molecular flexibility index (Phi) is 6.57. The average molecular weight is 451 g/mol. The van der Waals surface area contributed by atoms with E-state index in [1.807, 2.05) is 35.4 Å². The lowest BCUT2D eigenvalue weighted by Gasteiger charge is -2.32. The maximum absolute atomic E-state index is 12.7. The minimum atomic E-state index is 0.0590. The third kappa shape index (κ3) is 4.73. The second-order valence-electron chi connectivity index (χ2n) is 8.52. The van der Waals surface area contributed by atoms with E-state index < -0.39 is 0 Å². The Morgan fingerprint density at radius 1 is 1.06 bits per heavy atom. The molecule has 0 radical (unpaired) electrons. The Morgan fingerprint density at radius 3 is 2.55 bits per heavy atom. The number of aromatic nitrogens is 2. The normalized spacial score (nSPS) is 17.6. The van der Waals surface area contributed by atoms with Gasteiger partial charge in [-0.15, -0.1) is 0 Å². The molecule has 3 aromatic rings. The first-order valence-electron chi connectivity index (χ1n) is 11.6. The molecule has 174 valence electrons. The van der Waals surface area contributed by atoms with E-state index in [-0.39, 0.29) is 18.6 Å². The second-order valence-corrected chi connectivity index (χ2v) is 8.52. The zero-order chi connectivity index (χ0) is 22.6. The number of hydrogen-bond donors (Lipinski definition) is 1. The number of carbonyl (C=O) groups excluding carboxylic acids is 1. The van der Waals surface area contributed by atoms with Crippen LogP contribution in [0.5, 0.6) is 0 Å². The summed E-state index contributed by atoms with van der Waals surface area (Å²) in [5.41, 5.74) is 3.73. The molecule has 2 aliphatic rings. The minimum Gasteiger partial charge on any atom is -0.394 e.